The maximum absolute atomic E-state index is 12.4. The Morgan fingerprint density at radius 2 is 1.81 bits per heavy atom. The highest BCUT2D eigenvalue weighted by molar-refractivity contribution is 6.30. The van der Waals surface area contributed by atoms with E-state index in [2.05, 4.69) is 10.6 Å². The highest BCUT2D eigenvalue weighted by Crippen LogP contribution is 2.37. The Bertz CT molecular complexity index is 852. The molecule has 0 radical (unpaired) electrons. The molecule has 1 amide bonds. The van der Waals surface area contributed by atoms with Gasteiger partial charge in [0.05, 0.1) is 12.2 Å². The zero-order valence-corrected chi connectivity index (χ0v) is 15.9. The summed E-state index contributed by atoms with van der Waals surface area (Å²) in [4.78, 5) is 24.3. The fraction of sp³-hybridized carbons (Fsp3) is 0.300. The van der Waals surface area contributed by atoms with Crippen molar-refractivity contribution in [1.82, 2.24) is 5.32 Å². The van der Waals surface area contributed by atoms with E-state index >= 15 is 0 Å². The van der Waals surface area contributed by atoms with Crippen LogP contribution in [0.25, 0.3) is 0 Å². The number of hydrogen-bond acceptors (Lipinski definition) is 5. The Morgan fingerprint density at radius 1 is 1.15 bits per heavy atom. The van der Waals surface area contributed by atoms with Gasteiger partial charge in [-0.15, -0.1) is 0 Å². The monoisotopic (exact) mass is 388 g/mol. The van der Waals surface area contributed by atoms with E-state index in [1.165, 1.54) is 6.92 Å². The average Bonchev–Trinajstić information content (AvgIpc) is 3.10. The highest BCUT2D eigenvalue weighted by atomic mass is 35.5. The van der Waals surface area contributed by atoms with Gasteiger partial charge in [0.25, 0.3) is 0 Å². The van der Waals surface area contributed by atoms with Gasteiger partial charge in [-0.3, -0.25) is 9.59 Å². The molecule has 1 atom stereocenters. The average molecular weight is 389 g/mol. The SMILES string of the molecule is CC[C@@H](NCC(=O)Nc1cc2c(cc1C(C)=O)OCO2)c1ccc(Cl)cc1. The van der Waals surface area contributed by atoms with Crippen LogP contribution in [0.15, 0.2) is 36.4 Å². The molecule has 0 bridgehead atoms. The summed E-state index contributed by atoms with van der Waals surface area (Å²) in [7, 11) is 0. The van der Waals surface area contributed by atoms with Crippen molar-refractivity contribution in [3.05, 3.63) is 52.5 Å². The molecule has 27 heavy (non-hydrogen) atoms. The first-order valence-electron chi connectivity index (χ1n) is 8.71. The minimum Gasteiger partial charge on any atom is -0.454 e. The number of benzene rings is 2. The topological polar surface area (TPSA) is 76.7 Å². The third-order valence-corrected chi connectivity index (χ3v) is 4.61. The summed E-state index contributed by atoms with van der Waals surface area (Å²) in [5.41, 5.74) is 1.86. The van der Waals surface area contributed by atoms with Crippen LogP contribution in [0.1, 0.15) is 42.2 Å². The predicted molar refractivity (Wildman–Crippen MR) is 104 cm³/mol. The number of halogens is 1. The number of carbonyl (C=O) groups excluding carboxylic acids is 2. The van der Waals surface area contributed by atoms with E-state index in [4.69, 9.17) is 21.1 Å². The predicted octanol–water partition coefficient (Wildman–Crippen LogP) is 3.95. The molecule has 0 saturated carbocycles. The van der Waals surface area contributed by atoms with E-state index in [-0.39, 0.29) is 31.1 Å². The molecule has 0 aliphatic carbocycles. The van der Waals surface area contributed by atoms with Crippen LogP contribution in [-0.4, -0.2) is 25.0 Å². The Morgan fingerprint density at radius 3 is 2.44 bits per heavy atom. The Labute approximate surface area is 162 Å². The summed E-state index contributed by atoms with van der Waals surface area (Å²) >= 11 is 5.93. The third-order valence-electron chi connectivity index (χ3n) is 4.36. The molecule has 1 aliphatic heterocycles. The Kier molecular flexibility index (Phi) is 5.98. The fourth-order valence-corrected chi connectivity index (χ4v) is 3.07. The van der Waals surface area contributed by atoms with Crippen LogP contribution >= 0.6 is 11.6 Å². The second kappa shape index (κ2) is 8.41. The van der Waals surface area contributed by atoms with Crippen molar-refractivity contribution in [2.24, 2.45) is 0 Å². The maximum Gasteiger partial charge on any atom is 0.238 e. The number of anilines is 1. The lowest BCUT2D eigenvalue weighted by Crippen LogP contribution is -2.31. The van der Waals surface area contributed by atoms with Crippen LogP contribution in [0.4, 0.5) is 5.69 Å². The first-order chi connectivity index (χ1) is 13.0. The second-order valence-electron chi connectivity index (χ2n) is 6.25. The molecule has 2 N–H and O–H groups in total. The lowest BCUT2D eigenvalue weighted by Gasteiger charge is -2.18. The van der Waals surface area contributed by atoms with Crippen LogP contribution in [0.3, 0.4) is 0 Å². The first-order valence-corrected chi connectivity index (χ1v) is 9.09. The van der Waals surface area contributed by atoms with E-state index in [0.29, 0.717) is 27.8 Å². The zero-order valence-electron chi connectivity index (χ0n) is 15.2. The molecule has 0 spiro atoms. The molecule has 2 aromatic carbocycles. The summed E-state index contributed by atoms with van der Waals surface area (Å²) in [6.07, 6.45) is 0.817. The van der Waals surface area contributed by atoms with Crippen LogP contribution in [-0.2, 0) is 4.79 Å². The number of fused-ring (bicyclic) bond motifs is 1. The molecule has 1 heterocycles. The number of Topliss-reactive ketones (excluding diaryl/α,β-unsaturated/α-hetero) is 1. The summed E-state index contributed by atoms with van der Waals surface area (Å²) in [6, 6.07) is 10.8. The van der Waals surface area contributed by atoms with E-state index in [9.17, 15) is 9.59 Å². The van der Waals surface area contributed by atoms with Gasteiger partial charge in [-0.25, -0.2) is 0 Å². The molecule has 7 heteroatoms. The van der Waals surface area contributed by atoms with E-state index < -0.39 is 0 Å². The summed E-state index contributed by atoms with van der Waals surface area (Å²) in [5.74, 6) is 0.605. The van der Waals surface area contributed by atoms with Crippen LogP contribution in [0.5, 0.6) is 11.5 Å². The minimum absolute atomic E-state index is 0.0250. The number of ketones is 1. The Balaban J connectivity index is 1.67. The van der Waals surface area contributed by atoms with Gasteiger partial charge in [0.2, 0.25) is 12.7 Å². The quantitative estimate of drug-likeness (QED) is 0.702. The van der Waals surface area contributed by atoms with E-state index in [1.54, 1.807) is 12.1 Å². The zero-order chi connectivity index (χ0) is 19.4. The van der Waals surface area contributed by atoms with Crippen molar-refractivity contribution in [2.75, 3.05) is 18.7 Å². The van der Waals surface area contributed by atoms with Gasteiger partial charge in [0.1, 0.15) is 0 Å². The molecule has 3 rings (SSSR count). The third kappa shape index (κ3) is 4.59. The number of nitrogens with one attached hydrogen (secondary N) is 2. The number of ether oxygens (including phenoxy) is 2. The van der Waals surface area contributed by atoms with E-state index in [0.717, 1.165) is 12.0 Å². The van der Waals surface area contributed by atoms with Gasteiger partial charge in [-0.05, 0) is 37.1 Å². The van der Waals surface area contributed by atoms with Crippen molar-refractivity contribution in [1.29, 1.82) is 0 Å². The first kappa shape index (κ1) is 19.2. The van der Waals surface area contributed by atoms with Gasteiger partial charge >= 0.3 is 0 Å². The van der Waals surface area contributed by atoms with Crippen molar-refractivity contribution in [3.63, 3.8) is 0 Å². The summed E-state index contributed by atoms with van der Waals surface area (Å²) in [6.45, 7) is 3.69. The molecule has 0 unspecified atom stereocenters. The number of carbonyl (C=O) groups is 2. The molecular weight excluding hydrogens is 368 g/mol. The number of rotatable bonds is 7. The molecule has 0 fully saturated rings. The number of hydrogen-bond donors (Lipinski definition) is 2. The van der Waals surface area contributed by atoms with Crippen molar-refractivity contribution in [2.45, 2.75) is 26.3 Å². The summed E-state index contributed by atoms with van der Waals surface area (Å²) in [5, 5.41) is 6.69. The largest absolute Gasteiger partial charge is 0.454 e. The Hall–Kier alpha value is -2.57. The smallest absolute Gasteiger partial charge is 0.238 e. The molecular formula is C20H21ClN2O4. The molecule has 0 aromatic heterocycles. The lowest BCUT2D eigenvalue weighted by molar-refractivity contribution is -0.115. The van der Waals surface area contributed by atoms with Crippen molar-refractivity contribution < 1.29 is 19.1 Å². The maximum atomic E-state index is 12.4. The van der Waals surface area contributed by atoms with Crippen LogP contribution in [0.2, 0.25) is 5.02 Å². The second-order valence-corrected chi connectivity index (χ2v) is 6.69. The van der Waals surface area contributed by atoms with Gasteiger partial charge in [-0.1, -0.05) is 30.7 Å². The standard InChI is InChI=1S/C20H21ClN2O4/c1-3-16(13-4-6-14(21)7-5-13)22-10-20(25)23-17-9-19-18(26-11-27-19)8-15(17)12(2)24/h4-9,16,22H,3,10-11H2,1-2H3,(H,23,25)/t16-/m1/s1. The van der Waals surface area contributed by atoms with Crippen molar-refractivity contribution in [3.8, 4) is 11.5 Å². The molecule has 2 aromatic rings. The van der Waals surface area contributed by atoms with Crippen molar-refractivity contribution >= 4 is 29.0 Å². The van der Waals surface area contributed by atoms with Crippen LogP contribution < -0.4 is 20.1 Å². The molecule has 6 nitrogen and oxygen atoms in total. The molecule has 0 saturated heterocycles. The fourth-order valence-electron chi connectivity index (χ4n) is 2.94. The lowest BCUT2D eigenvalue weighted by atomic mass is 10.0. The minimum atomic E-state index is -0.247. The van der Waals surface area contributed by atoms with Gasteiger partial charge in [0.15, 0.2) is 17.3 Å². The van der Waals surface area contributed by atoms with Gasteiger partial charge < -0.3 is 20.1 Å². The molecule has 1 aliphatic rings. The normalized spacial score (nSPS) is 13.3. The van der Waals surface area contributed by atoms with Crippen LogP contribution in [0, 0.1) is 0 Å². The van der Waals surface area contributed by atoms with Gasteiger partial charge in [0, 0.05) is 22.7 Å². The highest BCUT2D eigenvalue weighted by Gasteiger charge is 2.20. The van der Waals surface area contributed by atoms with E-state index in [1.807, 2.05) is 31.2 Å². The summed E-state index contributed by atoms with van der Waals surface area (Å²) < 4.78 is 10.6. The number of amides is 1. The molecule has 142 valence electrons. The van der Waals surface area contributed by atoms with Gasteiger partial charge in [-0.2, -0.15) is 0 Å².